The van der Waals surface area contributed by atoms with Crippen LogP contribution in [-0.4, -0.2) is 71.8 Å². The van der Waals surface area contributed by atoms with Crippen LogP contribution in [0.25, 0.3) is 0 Å². The van der Waals surface area contributed by atoms with Crippen molar-refractivity contribution in [3.63, 3.8) is 0 Å². The highest BCUT2D eigenvalue weighted by molar-refractivity contribution is 6.15. The maximum atomic E-state index is 14.2. The van der Waals surface area contributed by atoms with E-state index in [1.807, 2.05) is 0 Å². The Hall–Kier alpha value is -7.36. The molecule has 346 valence electrons. The summed E-state index contributed by atoms with van der Waals surface area (Å²) < 4.78 is 33.8. The molecule has 2 fully saturated rings. The minimum absolute atomic E-state index is 0.113. The van der Waals surface area contributed by atoms with Gasteiger partial charge < -0.3 is 28.4 Å². The van der Waals surface area contributed by atoms with E-state index in [0.29, 0.717) is 38.3 Å². The first-order valence-corrected chi connectivity index (χ1v) is 21.6. The molecule has 0 spiro atoms. The number of hydrogen-bond donors (Lipinski definition) is 0. The molecule has 2 aliphatic carbocycles. The molecule has 0 aromatic heterocycles. The van der Waals surface area contributed by atoms with Crippen LogP contribution in [0, 0.1) is 0 Å². The first kappa shape index (κ1) is 48.1. The zero-order valence-electron chi connectivity index (χ0n) is 37.0. The van der Waals surface area contributed by atoms with E-state index in [4.69, 9.17) is 38.2 Å². The van der Waals surface area contributed by atoms with Crippen molar-refractivity contribution in [1.82, 2.24) is 0 Å². The van der Waals surface area contributed by atoms with Crippen molar-refractivity contribution < 1.29 is 76.6 Å². The predicted molar refractivity (Wildman–Crippen MR) is 233 cm³/mol. The third-order valence-corrected chi connectivity index (χ3v) is 10.7. The van der Waals surface area contributed by atoms with Crippen LogP contribution in [0.4, 0.5) is 9.59 Å². The first-order valence-electron chi connectivity index (χ1n) is 21.6. The van der Waals surface area contributed by atoms with Crippen LogP contribution in [-0.2, 0) is 28.8 Å². The summed E-state index contributed by atoms with van der Waals surface area (Å²) in [5.41, 5.74) is -4.90. The lowest BCUT2D eigenvalue weighted by atomic mass is 9.98. The molecule has 0 heterocycles. The molecule has 6 rings (SSSR count). The Morgan fingerprint density at radius 3 is 1.15 bits per heavy atom. The molecule has 0 N–H and O–H groups in total. The molecule has 16 nitrogen and oxygen atoms in total. The second kappa shape index (κ2) is 21.5. The van der Waals surface area contributed by atoms with Gasteiger partial charge in [-0.05, 0) is 128 Å². The van der Waals surface area contributed by atoms with Gasteiger partial charge in [-0.25, -0.2) is 29.0 Å². The van der Waals surface area contributed by atoms with E-state index < -0.39 is 69.6 Å². The number of carbonyl (C=O) groups is 8. The Labute approximate surface area is 380 Å². The van der Waals surface area contributed by atoms with E-state index >= 15 is 0 Å². The van der Waals surface area contributed by atoms with Gasteiger partial charge in [0.15, 0.2) is 23.8 Å². The molecule has 0 amide bonds. The summed E-state index contributed by atoms with van der Waals surface area (Å²) in [5.74, 6) is -5.44. The van der Waals surface area contributed by atoms with Gasteiger partial charge in [-0.3, -0.25) is 19.2 Å². The second-order valence-corrected chi connectivity index (χ2v) is 16.9. The number of ether oxygens (including phenoxy) is 6. The van der Waals surface area contributed by atoms with Crippen LogP contribution in [0.3, 0.4) is 0 Å². The fourth-order valence-electron chi connectivity index (χ4n) is 7.36. The third kappa shape index (κ3) is 12.3. The van der Waals surface area contributed by atoms with Crippen LogP contribution in [0.1, 0.15) is 144 Å². The van der Waals surface area contributed by atoms with Gasteiger partial charge in [0.05, 0.1) is 22.3 Å². The molecular formula is C50H50O16. The Balaban J connectivity index is 1.26. The summed E-state index contributed by atoms with van der Waals surface area (Å²) in [4.78, 5) is 116. The van der Waals surface area contributed by atoms with Crippen molar-refractivity contribution in [2.24, 2.45) is 0 Å². The molecule has 0 aliphatic heterocycles. The summed E-state index contributed by atoms with van der Waals surface area (Å²) >= 11 is 0. The van der Waals surface area contributed by atoms with E-state index in [9.17, 15) is 38.4 Å². The monoisotopic (exact) mass is 906 g/mol. The van der Waals surface area contributed by atoms with Crippen molar-refractivity contribution in [2.75, 3.05) is 0 Å². The average molecular weight is 907 g/mol. The van der Waals surface area contributed by atoms with E-state index in [1.54, 1.807) is 12.1 Å². The van der Waals surface area contributed by atoms with Gasteiger partial charge in [0.2, 0.25) is 11.6 Å². The smallest absolute Gasteiger partial charge is 0.479 e. The SMILES string of the molecule is CC(C)(C=O)Oc1c(C(=O)OOC(=O)c2cccc(C(=O)c3ccccc3OC(=O)OC3CCCCC3)c2OC(C)(C)C=O)cccc1C(=O)c1ccccc1OC(=O)OC1CCCCC1. The Morgan fingerprint density at radius 1 is 0.455 bits per heavy atom. The van der Waals surface area contributed by atoms with Gasteiger partial charge in [-0.1, -0.05) is 49.2 Å². The fourth-order valence-corrected chi connectivity index (χ4v) is 7.36. The quantitative estimate of drug-likeness (QED) is 0.0256. The molecule has 2 saturated carbocycles. The largest absolute Gasteiger partial charge is 0.514 e. The molecule has 4 aromatic carbocycles. The number of benzene rings is 4. The van der Waals surface area contributed by atoms with Crippen LogP contribution >= 0.6 is 0 Å². The highest BCUT2D eigenvalue weighted by atomic mass is 17.2. The fraction of sp³-hybridized carbons (Fsp3) is 0.360. The lowest BCUT2D eigenvalue weighted by Crippen LogP contribution is -2.32. The summed E-state index contributed by atoms with van der Waals surface area (Å²) in [5, 5.41) is 0. The van der Waals surface area contributed by atoms with Gasteiger partial charge in [0.25, 0.3) is 0 Å². The van der Waals surface area contributed by atoms with E-state index in [1.165, 1.54) is 100 Å². The summed E-state index contributed by atoms with van der Waals surface area (Å²) in [7, 11) is 0. The van der Waals surface area contributed by atoms with Crippen LogP contribution in [0.15, 0.2) is 84.9 Å². The number of hydrogen-bond acceptors (Lipinski definition) is 16. The molecule has 0 saturated heterocycles. The van der Waals surface area contributed by atoms with Gasteiger partial charge in [-0.15, -0.1) is 0 Å². The van der Waals surface area contributed by atoms with Gasteiger partial charge >= 0.3 is 24.2 Å². The zero-order valence-corrected chi connectivity index (χ0v) is 37.0. The lowest BCUT2D eigenvalue weighted by molar-refractivity contribution is -0.187. The van der Waals surface area contributed by atoms with Crippen LogP contribution < -0.4 is 18.9 Å². The van der Waals surface area contributed by atoms with E-state index in [-0.39, 0.29) is 46.0 Å². The number of aldehydes is 2. The van der Waals surface area contributed by atoms with Crippen molar-refractivity contribution in [3.05, 3.63) is 118 Å². The highest BCUT2D eigenvalue weighted by Crippen LogP contribution is 2.35. The van der Waals surface area contributed by atoms with Crippen molar-refractivity contribution in [2.45, 2.75) is 115 Å². The third-order valence-electron chi connectivity index (χ3n) is 10.7. The van der Waals surface area contributed by atoms with Gasteiger partial charge in [0, 0.05) is 0 Å². The normalized spacial score (nSPS) is 14.4. The van der Waals surface area contributed by atoms with Gasteiger partial charge in [-0.2, -0.15) is 0 Å². The van der Waals surface area contributed by atoms with E-state index in [0.717, 1.165) is 38.5 Å². The van der Waals surface area contributed by atoms with Gasteiger partial charge in [0.1, 0.15) is 46.3 Å². The molecular weight excluding hydrogens is 857 g/mol. The molecule has 4 aromatic rings. The zero-order chi connectivity index (χ0) is 47.4. The molecule has 0 atom stereocenters. The maximum Gasteiger partial charge on any atom is 0.514 e. The standard InChI is InChI=1S/C50H50O16/c1-49(2,29-51)63-43-35(41(53)33-21-11-13-27-39(33)61-47(57)59-31-17-7-5-8-18-31)23-15-25-37(43)45(55)65-66-46(56)38-26-16-24-36(44(38)64-50(3,4)30-52)42(54)34-22-12-14-28-40(34)62-48(58)60-32-19-9-6-10-20-32/h11-16,21-32H,5-10,17-20H2,1-4H3. The summed E-state index contributed by atoms with van der Waals surface area (Å²) in [6.45, 7) is 5.50. The molecule has 0 radical (unpaired) electrons. The minimum atomic E-state index is -1.62. The second-order valence-electron chi connectivity index (χ2n) is 16.9. The Kier molecular flexibility index (Phi) is 15.7. The Bertz CT molecular complexity index is 2300. The molecule has 16 heteroatoms. The predicted octanol–water partition coefficient (Wildman–Crippen LogP) is 9.49. The number of ketones is 2. The summed E-state index contributed by atoms with van der Waals surface area (Å²) in [6.07, 6.45) is 6.67. The van der Waals surface area contributed by atoms with Crippen molar-refractivity contribution in [3.8, 4) is 23.0 Å². The number of rotatable bonds is 16. The lowest BCUT2D eigenvalue weighted by Gasteiger charge is -2.24. The Morgan fingerprint density at radius 2 is 0.788 bits per heavy atom. The topological polar surface area (TPSA) is 210 Å². The average Bonchev–Trinajstić information content (AvgIpc) is 3.31. The number of carbonyl (C=O) groups excluding carboxylic acids is 8. The molecule has 66 heavy (non-hydrogen) atoms. The molecule has 2 aliphatic rings. The highest BCUT2D eigenvalue weighted by Gasteiger charge is 2.33. The van der Waals surface area contributed by atoms with Crippen LogP contribution in [0.2, 0.25) is 0 Å². The van der Waals surface area contributed by atoms with Crippen molar-refractivity contribution >= 4 is 48.4 Å². The van der Waals surface area contributed by atoms with Crippen LogP contribution in [0.5, 0.6) is 23.0 Å². The molecule has 0 unspecified atom stereocenters. The molecule has 0 bridgehead atoms. The minimum Gasteiger partial charge on any atom is -0.479 e. The first-order chi connectivity index (χ1) is 31.6. The maximum absolute atomic E-state index is 14.2. The summed E-state index contributed by atoms with van der Waals surface area (Å²) in [6, 6.07) is 19.3. The van der Waals surface area contributed by atoms with Crippen molar-refractivity contribution in [1.29, 1.82) is 0 Å². The number of para-hydroxylation sites is 4. The van der Waals surface area contributed by atoms with E-state index in [2.05, 4.69) is 0 Å².